The number of nitrogens with one attached hydrogen (secondary N) is 1. The predicted molar refractivity (Wildman–Crippen MR) is 124 cm³/mol. The largest absolute Gasteiger partial charge is 0.351 e. The number of piperazine rings is 1. The van der Waals surface area contributed by atoms with Crippen LogP contribution < -0.4 is 10.2 Å². The Morgan fingerprint density at radius 2 is 2.00 bits per heavy atom. The molecule has 0 aromatic carbocycles. The van der Waals surface area contributed by atoms with E-state index in [2.05, 4.69) is 60.3 Å². The van der Waals surface area contributed by atoms with Gasteiger partial charge >= 0.3 is 0 Å². The van der Waals surface area contributed by atoms with Crippen molar-refractivity contribution < 1.29 is 0 Å². The van der Waals surface area contributed by atoms with Crippen molar-refractivity contribution in [3.05, 3.63) is 60.2 Å². The third-order valence-corrected chi connectivity index (χ3v) is 6.37. The number of hydrogen-bond acceptors (Lipinski definition) is 8. The molecule has 4 aromatic rings. The molecule has 1 N–H and O–H groups in total. The fraction of sp³-hybridized carbons (Fsp3) is 0.318. The summed E-state index contributed by atoms with van der Waals surface area (Å²) in [6.45, 7) is 8.01. The Morgan fingerprint density at radius 1 is 1.13 bits per heavy atom. The molecular weight excluding hydrogens is 408 g/mol. The second kappa shape index (κ2) is 8.60. The minimum Gasteiger partial charge on any atom is -0.351 e. The van der Waals surface area contributed by atoms with E-state index in [0.717, 1.165) is 49.0 Å². The molecule has 1 unspecified atom stereocenters. The summed E-state index contributed by atoms with van der Waals surface area (Å²) >= 11 is 1.68. The number of hydrogen-bond donors (Lipinski definition) is 1. The van der Waals surface area contributed by atoms with Crippen molar-refractivity contribution in [1.82, 2.24) is 29.2 Å². The molecule has 0 aliphatic carbocycles. The number of aromatic nitrogens is 5. The van der Waals surface area contributed by atoms with Gasteiger partial charge in [-0.05, 0) is 41.9 Å². The highest BCUT2D eigenvalue weighted by molar-refractivity contribution is 7.08. The molecule has 1 aliphatic heterocycles. The maximum absolute atomic E-state index is 4.77. The van der Waals surface area contributed by atoms with Crippen molar-refractivity contribution in [2.75, 3.05) is 43.4 Å². The Kier molecular flexibility index (Phi) is 5.52. The molecule has 8 nitrogen and oxygen atoms in total. The first-order valence-corrected chi connectivity index (χ1v) is 11.3. The topological polar surface area (TPSA) is 74.5 Å². The molecule has 159 valence electrons. The van der Waals surface area contributed by atoms with E-state index in [1.807, 2.05) is 24.7 Å². The van der Waals surface area contributed by atoms with Crippen LogP contribution in [0.25, 0.3) is 17.0 Å². The van der Waals surface area contributed by atoms with Crippen molar-refractivity contribution in [3.63, 3.8) is 0 Å². The number of anilines is 2. The molecule has 1 fully saturated rings. The van der Waals surface area contributed by atoms with Crippen LogP contribution in [0, 0.1) is 6.92 Å². The zero-order valence-electron chi connectivity index (χ0n) is 17.5. The van der Waals surface area contributed by atoms with Crippen molar-refractivity contribution in [2.45, 2.75) is 12.5 Å². The number of fused-ring (bicyclic) bond motifs is 1. The Bertz CT molecular complexity index is 1150. The molecule has 0 saturated carbocycles. The molecular formula is C22H25N8S. The van der Waals surface area contributed by atoms with E-state index >= 15 is 0 Å². The summed E-state index contributed by atoms with van der Waals surface area (Å²) < 4.78 is 2.06. The third kappa shape index (κ3) is 3.98. The molecule has 5 heterocycles. The van der Waals surface area contributed by atoms with Crippen molar-refractivity contribution >= 4 is 28.8 Å². The van der Waals surface area contributed by atoms with Crippen LogP contribution in [0.5, 0.6) is 0 Å². The molecule has 9 heteroatoms. The molecule has 31 heavy (non-hydrogen) atoms. The van der Waals surface area contributed by atoms with E-state index in [9.17, 15) is 0 Å². The standard InChI is InChI=1S/C22H25N8S/c1-3-17(16-5-13-31-15-16)26-22-24-6-4-18(27-22)19-14-25-21-20(23-7-8-30(19)21)29-11-9-28(2)10-12-29/h4-8,13-15,17H,1,3,9-12H2,2H3,(H,24,26,27). The SMILES string of the molecule is [CH2]CC(Nc1nccc(-c2cnc3c(N4CCN(C)CC4)nccn23)n1)c1ccsc1. The molecule has 1 aliphatic rings. The molecule has 0 amide bonds. The lowest BCUT2D eigenvalue weighted by molar-refractivity contribution is 0.312. The molecule has 1 saturated heterocycles. The second-order valence-corrected chi connectivity index (χ2v) is 8.47. The van der Waals surface area contributed by atoms with Crippen LogP contribution >= 0.6 is 11.3 Å². The van der Waals surface area contributed by atoms with E-state index < -0.39 is 0 Å². The van der Waals surface area contributed by atoms with Gasteiger partial charge in [-0.15, -0.1) is 0 Å². The predicted octanol–water partition coefficient (Wildman–Crippen LogP) is 3.38. The number of thiophene rings is 1. The lowest BCUT2D eigenvalue weighted by Gasteiger charge is -2.33. The third-order valence-electron chi connectivity index (χ3n) is 5.67. The van der Waals surface area contributed by atoms with Gasteiger partial charge in [-0.3, -0.25) is 4.40 Å². The maximum atomic E-state index is 4.77. The number of rotatable bonds is 6. The zero-order chi connectivity index (χ0) is 21.2. The van der Waals surface area contributed by atoms with E-state index in [0.29, 0.717) is 12.4 Å². The average Bonchev–Trinajstić information content (AvgIpc) is 3.48. The molecule has 4 aromatic heterocycles. The van der Waals surface area contributed by atoms with Gasteiger partial charge in [-0.1, -0.05) is 6.92 Å². The molecule has 1 atom stereocenters. The summed E-state index contributed by atoms with van der Waals surface area (Å²) in [5, 5.41) is 7.62. The Morgan fingerprint density at radius 3 is 2.77 bits per heavy atom. The molecule has 5 rings (SSSR count). The summed E-state index contributed by atoms with van der Waals surface area (Å²) in [5.41, 5.74) is 3.78. The van der Waals surface area contributed by atoms with E-state index in [1.165, 1.54) is 5.56 Å². The number of imidazole rings is 1. The van der Waals surface area contributed by atoms with Gasteiger partial charge in [-0.2, -0.15) is 11.3 Å². The van der Waals surface area contributed by atoms with Crippen molar-refractivity contribution in [2.24, 2.45) is 0 Å². The summed E-state index contributed by atoms with van der Waals surface area (Å²) in [6, 6.07) is 4.10. The fourth-order valence-electron chi connectivity index (χ4n) is 3.86. The Hall–Kier alpha value is -3.04. The maximum Gasteiger partial charge on any atom is 0.223 e. The summed E-state index contributed by atoms with van der Waals surface area (Å²) in [5.74, 6) is 1.50. The number of nitrogens with zero attached hydrogens (tertiary/aromatic N) is 7. The van der Waals surface area contributed by atoms with E-state index in [4.69, 9.17) is 9.97 Å². The monoisotopic (exact) mass is 433 g/mol. The van der Waals surface area contributed by atoms with Gasteiger partial charge in [0, 0.05) is 44.8 Å². The van der Waals surface area contributed by atoms with Crippen LogP contribution in [0.1, 0.15) is 18.0 Å². The Labute approximate surface area is 185 Å². The summed E-state index contributed by atoms with van der Waals surface area (Å²) in [6.07, 6.45) is 8.12. The highest BCUT2D eigenvalue weighted by Crippen LogP contribution is 2.27. The highest BCUT2D eigenvalue weighted by Gasteiger charge is 2.20. The van der Waals surface area contributed by atoms with Gasteiger partial charge in [0.2, 0.25) is 5.95 Å². The van der Waals surface area contributed by atoms with Crippen LogP contribution in [-0.4, -0.2) is 62.5 Å². The van der Waals surface area contributed by atoms with Crippen molar-refractivity contribution in [1.29, 1.82) is 0 Å². The van der Waals surface area contributed by atoms with Gasteiger partial charge in [0.15, 0.2) is 11.5 Å². The lowest BCUT2D eigenvalue weighted by Crippen LogP contribution is -2.45. The smallest absolute Gasteiger partial charge is 0.223 e. The summed E-state index contributed by atoms with van der Waals surface area (Å²) in [7, 11) is 2.15. The number of likely N-dealkylation sites (N-methyl/N-ethyl adjacent to an activating group) is 1. The summed E-state index contributed by atoms with van der Waals surface area (Å²) in [4.78, 5) is 23.2. The van der Waals surface area contributed by atoms with Crippen molar-refractivity contribution in [3.8, 4) is 11.4 Å². The van der Waals surface area contributed by atoms with Gasteiger partial charge < -0.3 is 15.1 Å². The van der Waals surface area contributed by atoms with Crippen LogP contribution in [0.2, 0.25) is 0 Å². The van der Waals surface area contributed by atoms with E-state index in [1.54, 1.807) is 17.5 Å². The quantitative estimate of drug-likeness (QED) is 0.500. The van der Waals surface area contributed by atoms with Gasteiger partial charge in [0.25, 0.3) is 0 Å². The van der Waals surface area contributed by atoms with Crippen LogP contribution in [0.3, 0.4) is 0 Å². The van der Waals surface area contributed by atoms with Crippen LogP contribution in [0.15, 0.2) is 47.7 Å². The lowest BCUT2D eigenvalue weighted by atomic mass is 10.1. The highest BCUT2D eigenvalue weighted by atomic mass is 32.1. The minimum atomic E-state index is 0.0803. The first kappa shape index (κ1) is 19.9. The van der Waals surface area contributed by atoms with Gasteiger partial charge in [-0.25, -0.2) is 19.9 Å². The normalized spacial score (nSPS) is 16.0. The van der Waals surface area contributed by atoms with E-state index in [-0.39, 0.29) is 6.04 Å². The first-order valence-electron chi connectivity index (χ1n) is 10.4. The van der Waals surface area contributed by atoms with Crippen LogP contribution in [-0.2, 0) is 0 Å². The minimum absolute atomic E-state index is 0.0803. The Balaban J connectivity index is 1.45. The van der Waals surface area contributed by atoms with Crippen LogP contribution in [0.4, 0.5) is 11.8 Å². The second-order valence-electron chi connectivity index (χ2n) is 7.69. The molecule has 0 spiro atoms. The fourth-order valence-corrected chi connectivity index (χ4v) is 4.57. The average molecular weight is 434 g/mol. The zero-order valence-corrected chi connectivity index (χ0v) is 18.3. The van der Waals surface area contributed by atoms with Gasteiger partial charge in [0.05, 0.1) is 23.6 Å². The molecule has 0 bridgehead atoms. The molecule has 1 radical (unpaired) electrons. The van der Waals surface area contributed by atoms with Gasteiger partial charge in [0.1, 0.15) is 0 Å². The first-order chi connectivity index (χ1) is 15.2.